The number of aliphatic imine (C=N–C) groups is 2. The van der Waals surface area contributed by atoms with Crippen LogP contribution in [-0.4, -0.2) is 12.6 Å². The second-order valence-corrected chi connectivity index (χ2v) is 13.8. The van der Waals surface area contributed by atoms with Crippen LogP contribution in [0.2, 0.25) is 0 Å². The van der Waals surface area contributed by atoms with E-state index < -0.39 is 5.41 Å². The Morgan fingerprint density at radius 2 is 0.925 bits per heavy atom. The van der Waals surface area contributed by atoms with E-state index in [9.17, 15) is 0 Å². The van der Waals surface area contributed by atoms with Crippen molar-refractivity contribution in [3.63, 3.8) is 0 Å². The van der Waals surface area contributed by atoms with Gasteiger partial charge >= 0.3 is 0 Å². The third-order valence-electron chi connectivity index (χ3n) is 11.0. The van der Waals surface area contributed by atoms with Crippen molar-refractivity contribution in [2.45, 2.75) is 5.41 Å². The molecule has 0 saturated heterocycles. The van der Waals surface area contributed by atoms with Crippen molar-refractivity contribution in [2.24, 2.45) is 9.98 Å². The molecule has 0 aliphatic heterocycles. The zero-order valence-corrected chi connectivity index (χ0v) is 29.1. The van der Waals surface area contributed by atoms with Gasteiger partial charge in [0.25, 0.3) is 0 Å². The Balaban J connectivity index is 1.22. The van der Waals surface area contributed by atoms with E-state index in [2.05, 4.69) is 176 Å². The molecule has 2 aliphatic carbocycles. The van der Waals surface area contributed by atoms with Gasteiger partial charge in [0.15, 0.2) is 5.84 Å². The summed E-state index contributed by atoms with van der Waals surface area (Å²) in [6.45, 7) is 3.99. The topological polar surface area (TPSA) is 24.7 Å². The average molecular weight is 675 g/mol. The highest BCUT2D eigenvalue weighted by atomic mass is 14.9. The minimum atomic E-state index is -0.604. The van der Waals surface area contributed by atoms with Crippen LogP contribution in [-0.2, 0) is 5.41 Å². The molecule has 0 fully saturated rings. The highest BCUT2D eigenvalue weighted by Crippen LogP contribution is 2.65. The zero-order chi connectivity index (χ0) is 35.4. The van der Waals surface area contributed by atoms with E-state index in [0.29, 0.717) is 5.84 Å². The van der Waals surface area contributed by atoms with Crippen LogP contribution in [0.25, 0.3) is 55.4 Å². The molecule has 0 saturated carbocycles. The van der Waals surface area contributed by atoms with Gasteiger partial charge in [0.1, 0.15) is 0 Å². The van der Waals surface area contributed by atoms with Crippen LogP contribution in [0.5, 0.6) is 0 Å². The highest BCUT2D eigenvalue weighted by molar-refractivity contribution is 6.14. The second kappa shape index (κ2) is 12.4. The summed E-state index contributed by atoms with van der Waals surface area (Å²) < 4.78 is 0. The molecule has 0 heterocycles. The summed E-state index contributed by atoms with van der Waals surface area (Å²) in [7, 11) is 0. The van der Waals surface area contributed by atoms with Crippen LogP contribution >= 0.6 is 0 Å². The number of nitrogens with zero attached hydrogens (tertiary/aromatic N) is 2. The molecule has 0 aromatic heterocycles. The Bertz CT molecular complexity index is 2730. The van der Waals surface area contributed by atoms with Gasteiger partial charge in [0.2, 0.25) is 0 Å². The summed E-state index contributed by atoms with van der Waals surface area (Å²) in [5.41, 5.74) is 15.6. The molecule has 0 radical (unpaired) electrons. The van der Waals surface area contributed by atoms with E-state index in [-0.39, 0.29) is 0 Å². The first-order valence-electron chi connectivity index (χ1n) is 18.1. The quantitative estimate of drug-likeness (QED) is 0.128. The van der Waals surface area contributed by atoms with Crippen molar-refractivity contribution >= 4 is 34.6 Å². The monoisotopic (exact) mass is 674 g/mol. The molecule has 0 bridgehead atoms. The van der Waals surface area contributed by atoms with Gasteiger partial charge in [0, 0.05) is 16.7 Å². The van der Waals surface area contributed by atoms with Gasteiger partial charge in [-0.1, -0.05) is 182 Å². The third kappa shape index (κ3) is 4.80. The van der Waals surface area contributed by atoms with Gasteiger partial charge in [-0.05, 0) is 85.3 Å². The maximum atomic E-state index is 5.46. The Morgan fingerprint density at radius 3 is 1.58 bits per heavy atom. The summed E-state index contributed by atoms with van der Waals surface area (Å²) in [6, 6.07) is 69.9. The van der Waals surface area contributed by atoms with Crippen LogP contribution in [0, 0.1) is 0 Å². The average Bonchev–Trinajstić information content (AvgIpc) is 3.69. The maximum Gasteiger partial charge on any atom is 0.159 e. The van der Waals surface area contributed by atoms with Crippen LogP contribution in [0.3, 0.4) is 0 Å². The van der Waals surface area contributed by atoms with Crippen LogP contribution in [0.15, 0.2) is 204 Å². The molecule has 0 amide bonds. The van der Waals surface area contributed by atoms with E-state index >= 15 is 0 Å². The SMILES string of the molecule is C=NC(=NC1=C(c2ccccc2)C2(c3cc(-c4ccc(-c5ccc6ccccc6c5)cc4)ccc31)c1ccccc1-c1ccccc12)c1ccccc1. The first-order valence-corrected chi connectivity index (χ1v) is 18.1. The predicted octanol–water partition coefficient (Wildman–Crippen LogP) is 12.5. The fourth-order valence-corrected chi connectivity index (χ4v) is 8.66. The molecule has 248 valence electrons. The van der Waals surface area contributed by atoms with Crippen molar-refractivity contribution in [2.75, 3.05) is 0 Å². The minimum absolute atomic E-state index is 0.602. The smallest absolute Gasteiger partial charge is 0.159 e. The number of fused-ring (bicyclic) bond motifs is 8. The number of allylic oxidation sites excluding steroid dienone is 1. The molecule has 8 aromatic rings. The molecule has 2 aliphatic rings. The summed E-state index contributed by atoms with van der Waals surface area (Å²) in [5, 5.41) is 2.50. The van der Waals surface area contributed by atoms with Crippen molar-refractivity contribution in [1.82, 2.24) is 0 Å². The minimum Gasteiger partial charge on any atom is -0.245 e. The number of amidine groups is 1. The van der Waals surface area contributed by atoms with Gasteiger partial charge in [-0.15, -0.1) is 0 Å². The Hall–Kier alpha value is -6.90. The Morgan fingerprint density at radius 1 is 0.396 bits per heavy atom. The number of rotatable bonds is 5. The summed E-state index contributed by atoms with van der Waals surface area (Å²) >= 11 is 0. The third-order valence-corrected chi connectivity index (χ3v) is 11.0. The number of hydrogen-bond acceptors (Lipinski definition) is 1. The largest absolute Gasteiger partial charge is 0.245 e. The van der Waals surface area contributed by atoms with Crippen LogP contribution in [0.1, 0.15) is 33.4 Å². The lowest BCUT2D eigenvalue weighted by Gasteiger charge is -2.33. The fourth-order valence-electron chi connectivity index (χ4n) is 8.66. The van der Waals surface area contributed by atoms with E-state index in [0.717, 1.165) is 33.5 Å². The summed E-state index contributed by atoms with van der Waals surface area (Å²) in [4.78, 5) is 9.97. The van der Waals surface area contributed by atoms with Crippen molar-refractivity contribution in [1.29, 1.82) is 0 Å². The summed E-state index contributed by atoms with van der Waals surface area (Å²) in [6.07, 6.45) is 0. The fraction of sp³-hybridized carbons (Fsp3) is 0.0196. The van der Waals surface area contributed by atoms with Crippen LogP contribution < -0.4 is 0 Å². The zero-order valence-electron chi connectivity index (χ0n) is 29.1. The first-order chi connectivity index (χ1) is 26.2. The maximum absolute atomic E-state index is 5.46. The van der Waals surface area contributed by atoms with Gasteiger partial charge in [-0.2, -0.15) is 0 Å². The molecular formula is C51H34N2. The molecule has 0 N–H and O–H groups in total. The van der Waals surface area contributed by atoms with E-state index in [1.54, 1.807) is 0 Å². The van der Waals surface area contributed by atoms with E-state index in [4.69, 9.17) is 4.99 Å². The molecule has 0 atom stereocenters. The summed E-state index contributed by atoms with van der Waals surface area (Å²) in [5.74, 6) is 0.602. The molecule has 2 heteroatoms. The van der Waals surface area contributed by atoms with Gasteiger partial charge in [-0.3, -0.25) is 0 Å². The predicted molar refractivity (Wildman–Crippen MR) is 222 cm³/mol. The number of benzene rings is 8. The standard InChI is InChI=1S/C51H34N2/c1-52-50(38-17-6-3-7-18-38)53-49-44-31-30-41(36-26-24-35(25-27-36)40-29-28-34-14-8-9-19-39(34)32-40)33-47(44)51(48(49)37-15-4-2-5-16-37)45-22-12-10-20-42(45)43-21-11-13-23-46(43)51/h2-33H,1H2. The number of hydrogen-bond donors (Lipinski definition) is 0. The molecule has 2 nitrogen and oxygen atoms in total. The Labute approximate surface area is 309 Å². The van der Waals surface area contributed by atoms with Crippen LogP contribution in [0.4, 0.5) is 0 Å². The molecule has 53 heavy (non-hydrogen) atoms. The Kier molecular flexibility index (Phi) is 7.23. The van der Waals surface area contributed by atoms with Crippen molar-refractivity contribution in [3.8, 4) is 33.4 Å². The molecule has 1 spiro atoms. The van der Waals surface area contributed by atoms with Crippen molar-refractivity contribution < 1.29 is 0 Å². The van der Waals surface area contributed by atoms with Gasteiger partial charge < -0.3 is 0 Å². The van der Waals surface area contributed by atoms with E-state index in [1.807, 2.05) is 30.3 Å². The lowest BCUT2D eigenvalue weighted by Crippen LogP contribution is -2.26. The van der Waals surface area contributed by atoms with E-state index in [1.165, 1.54) is 55.3 Å². The highest BCUT2D eigenvalue weighted by Gasteiger charge is 2.53. The second-order valence-electron chi connectivity index (χ2n) is 13.8. The molecule has 0 unspecified atom stereocenters. The van der Waals surface area contributed by atoms with Crippen molar-refractivity contribution in [3.05, 3.63) is 228 Å². The van der Waals surface area contributed by atoms with Gasteiger partial charge in [0.05, 0.1) is 11.1 Å². The lowest BCUT2D eigenvalue weighted by molar-refractivity contribution is 0.842. The normalized spacial score (nSPS) is 13.9. The lowest BCUT2D eigenvalue weighted by atomic mass is 9.67. The van der Waals surface area contributed by atoms with Gasteiger partial charge in [-0.25, -0.2) is 9.98 Å². The molecular weight excluding hydrogens is 641 g/mol. The molecule has 10 rings (SSSR count). The molecule has 8 aromatic carbocycles. The first kappa shape index (κ1) is 30.9.